The summed E-state index contributed by atoms with van der Waals surface area (Å²) in [6, 6.07) is 8.42. The molecule has 18 heavy (non-hydrogen) atoms. The van der Waals surface area contributed by atoms with Crippen LogP contribution in [0.15, 0.2) is 24.3 Å². The first-order valence-corrected chi connectivity index (χ1v) is 6.63. The zero-order valence-corrected chi connectivity index (χ0v) is 11.5. The van der Waals surface area contributed by atoms with Crippen LogP contribution in [0, 0.1) is 5.92 Å². The van der Waals surface area contributed by atoms with Crippen LogP contribution in [0.3, 0.4) is 0 Å². The zero-order chi connectivity index (χ0) is 13.0. The Morgan fingerprint density at radius 3 is 2.72 bits per heavy atom. The van der Waals surface area contributed by atoms with Gasteiger partial charge in [0.2, 0.25) is 0 Å². The lowest BCUT2D eigenvalue weighted by molar-refractivity contribution is -0.0910. The molecule has 1 unspecified atom stereocenters. The summed E-state index contributed by atoms with van der Waals surface area (Å²) in [5.74, 6) is 1.53. The minimum atomic E-state index is 0.159. The van der Waals surface area contributed by atoms with E-state index >= 15 is 0 Å². The smallest absolute Gasteiger partial charge is 0.119 e. The van der Waals surface area contributed by atoms with Crippen LogP contribution >= 0.6 is 0 Å². The molecule has 3 nitrogen and oxygen atoms in total. The van der Waals surface area contributed by atoms with Gasteiger partial charge in [0.1, 0.15) is 5.75 Å². The molecule has 1 aromatic rings. The Balaban J connectivity index is 2.30. The molecule has 2 rings (SSSR count). The van der Waals surface area contributed by atoms with Crippen molar-refractivity contribution in [1.82, 2.24) is 5.32 Å². The minimum Gasteiger partial charge on any atom is -0.497 e. The average molecular weight is 249 g/mol. The van der Waals surface area contributed by atoms with E-state index in [9.17, 15) is 0 Å². The lowest BCUT2D eigenvalue weighted by Gasteiger charge is -2.47. The second-order valence-corrected chi connectivity index (χ2v) is 5.04. The summed E-state index contributed by atoms with van der Waals surface area (Å²) >= 11 is 0. The van der Waals surface area contributed by atoms with Crippen molar-refractivity contribution in [2.24, 2.45) is 5.92 Å². The fourth-order valence-corrected chi connectivity index (χ4v) is 2.87. The van der Waals surface area contributed by atoms with Gasteiger partial charge in [-0.1, -0.05) is 25.5 Å². The molecule has 1 aliphatic rings. The molecule has 0 bridgehead atoms. The van der Waals surface area contributed by atoms with Crippen LogP contribution in [-0.2, 0) is 10.2 Å². The van der Waals surface area contributed by atoms with Crippen LogP contribution in [0.1, 0.15) is 18.9 Å². The van der Waals surface area contributed by atoms with Crippen molar-refractivity contribution in [1.29, 1.82) is 0 Å². The molecule has 0 aliphatic carbocycles. The highest BCUT2D eigenvalue weighted by atomic mass is 16.5. The van der Waals surface area contributed by atoms with Crippen LogP contribution in [0.25, 0.3) is 0 Å². The number of nitrogens with one attached hydrogen (secondary N) is 1. The lowest BCUT2D eigenvalue weighted by atomic mass is 9.67. The van der Waals surface area contributed by atoms with Crippen molar-refractivity contribution in [3.05, 3.63) is 29.8 Å². The molecule has 0 amide bonds. The van der Waals surface area contributed by atoms with Gasteiger partial charge in [0.05, 0.1) is 20.3 Å². The van der Waals surface area contributed by atoms with E-state index in [1.807, 2.05) is 13.1 Å². The summed E-state index contributed by atoms with van der Waals surface area (Å²) in [6.45, 7) is 4.92. The van der Waals surface area contributed by atoms with E-state index in [-0.39, 0.29) is 5.41 Å². The molecule has 1 atom stereocenters. The fourth-order valence-electron chi connectivity index (χ4n) is 2.87. The predicted molar refractivity (Wildman–Crippen MR) is 73.2 cm³/mol. The van der Waals surface area contributed by atoms with E-state index in [0.29, 0.717) is 5.92 Å². The highest BCUT2D eigenvalue weighted by Gasteiger charge is 2.46. The molecule has 3 heteroatoms. The van der Waals surface area contributed by atoms with Gasteiger partial charge in [-0.15, -0.1) is 0 Å². The molecule has 0 radical (unpaired) electrons. The number of hydrogen-bond donors (Lipinski definition) is 1. The third kappa shape index (κ3) is 2.25. The fraction of sp³-hybridized carbons (Fsp3) is 0.600. The Bertz CT molecular complexity index is 388. The molecule has 0 aromatic heterocycles. The molecule has 1 aromatic carbocycles. The summed E-state index contributed by atoms with van der Waals surface area (Å²) < 4.78 is 10.9. The molecule has 1 N–H and O–H groups in total. The number of ether oxygens (including phenoxy) is 2. The third-order valence-electron chi connectivity index (χ3n) is 4.09. The molecule has 1 heterocycles. The quantitative estimate of drug-likeness (QED) is 0.838. The number of methoxy groups -OCH3 is 1. The predicted octanol–water partition coefficient (Wildman–Crippen LogP) is 2.21. The topological polar surface area (TPSA) is 30.5 Å². The van der Waals surface area contributed by atoms with Gasteiger partial charge in [-0.2, -0.15) is 0 Å². The van der Waals surface area contributed by atoms with Crippen molar-refractivity contribution in [2.45, 2.75) is 18.8 Å². The van der Waals surface area contributed by atoms with Gasteiger partial charge in [-0.05, 0) is 37.2 Å². The van der Waals surface area contributed by atoms with E-state index in [0.717, 1.165) is 31.9 Å². The van der Waals surface area contributed by atoms with Crippen molar-refractivity contribution in [3.63, 3.8) is 0 Å². The first kappa shape index (κ1) is 13.4. The van der Waals surface area contributed by atoms with Gasteiger partial charge in [-0.3, -0.25) is 0 Å². The van der Waals surface area contributed by atoms with E-state index < -0.39 is 0 Å². The third-order valence-corrected chi connectivity index (χ3v) is 4.09. The second-order valence-electron chi connectivity index (χ2n) is 5.04. The Hall–Kier alpha value is -1.06. The van der Waals surface area contributed by atoms with Crippen LogP contribution in [0.2, 0.25) is 0 Å². The standard InChI is InChI=1S/C15H23NO2/c1-4-12(9-16-2)15(10-18-11-15)13-6-5-7-14(8-13)17-3/h5-8,12,16H,4,9-11H2,1-3H3. The summed E-state index contributed by atoms with van der Waals surface area (Å²) in [5.41, 5.74) is 1.50. The monoisotopic (exact) mass is 249 g/mol. The molecule has 0 saturated carbocycles. The Labute approximate surface area is 109 Å². The van der Waals surface area contributed by atoms with Crippen molar-refractivity contribution in [2.75, 3.05) is 33.9 Å². The normalized spacial score (nSPS) is 19.1. The lowest BCUT2D eigenvalue weighted by Crippen LogP contribution is -2.54. The first-order valence-electron chi connectivity index (χ1n) is 6.63. The SMILES string of the molecule is CCC(CNC)C1(c2cccc(OC)c2)COC1. The first-order chi connectivity index (χ1) is 8.76. The maximum atomic E-state index is 5.53. The van der Waals surface area contributed by atoms with E-state index in [4.69, 9.17) is 9.47 Å². The van der Waals surface area contributed by atoms with Gasteiger partial charge >= 0.3 is 0 Å². The summed E-state index contributed by atoms with van der Waals surface area (Å²) in [7, 11) is 3.73. The molecule has 0 spiro atoms. The average Bonchev–Trinajstić information content (AvgIpc) is 2.36. The largest absolute Gasteiger partial charge is 0.497 e. The number of hydrogen-bond acceptors (Lipinski definition) is 3. The maximum Gasteiger partial charge on any atom is 0.119 e. The van der Waals surface area contributed by atoms with Crippen molar-refractivity contribution >= 4 is 0 Å². The summed E-state index contributed by atoms with van der Waals surface area (Å²) in [5, 5.41) is 3.30. The molecule has 1 saturated heterocycles. The Kier molecular flexibility index (Phi) is 4.25. The van der Waals surface area contributed by atoms with E-state index in [1.165, 1.54) is 5.56 Å². The summed E-state index contributed by atoms with van der Waals surface area (Å²) in [4.78, 5) is 0. The molecular formula is C15H23NO2. The van der Waals surface area contributed by atoms with Gasteiger partial charge in [0.15, 0.2) is 0 Å². The van der Waals surface area contributed by atoms with Crippen LogP contribution in [-0.4, -0.2) is 33.9 Å². The number of benzene rings is 1. The number of rotatable bonds is 6. The van der Waals surface area contributed by atoms with Gasteiger partial charge in [0.25, 0.3) is 0 Å². The molecular weight excluding hydrogens is 226 g/mol. The van der Waals surface area contributed by atoms with Crippen LogP contribution < -0.4 is 10.1 Å². The molecule has 1 fully saturated rings. The van der Waals surface area contributed by atoms with Crippen molar-refractivity contribution in [3.8, 4) is 5.75 Å². The van der Waals surface area contributed by atoms with Gasteiger partial charge in [-0.25, -0.2) is 0 Å². The highest BCUT2D eigenvalue weighted by molar-refractivity contribution is 5.36. The van der Waals surface area contributed by atoms with Gasteiger partial charge in [0, 0.05) is 5.41 Å². The van der Waals surface area contributed by atoms with Crippen molar-refractivity contribution < 1.29 is 9.47 Å². The van der Waals surface area contributed by atoms with Crippen LogP contribution in [0.4, 0.5) is 0 Å². The van der Waals surface area contributed by atoms with Gasteiger partial charge < -0.3 is 14.8 Å². The second kappa shape index (κ2) is 5.72. The zero-order valence-electron chi connectivity index (χ0n) is 11.5. The maximum absolute atomic E-state index is 5.53. The molecule has 100 valence electrons. The Morgan fingerprint density at radius 2 is 2.22 bits per heavy atom. The van der Waals surface area contributed by atoms with E-state index in [1.54, 1.807) is 7.11 Å². The van der Waals surface area contributed by atoms with Crippen LogP contribution in [0.5, 0.6) is 5.75 Å². The van der Waals surface area contributed by atoms with E-state index in [2.05, 4.69) is 30.4 Å². The summed E-state index contributed by atoms with van der Waals surface area (Å²) in [6.07, 6.45) is 1.15. The molecule has 1 aliphatic heterocycles. The minimum absolute atomic E-state index is 0.159. The highest BCUT2D eigenvalue weighted by Crippen LogP contribution is 2.41. The Morgan fingerprint density at radius 1 is 1.44 bits per heavy atom.